The van der Waals surface area contributed by atoms with Crippen LogP contribution < -0.4 is 10.1 Å². The summed E-state index contributed by atoms with van der Waals surface area (Å²) < 4.78 is 35.1. The first kappa shape index (κ1) is 35.7. The molecule has 1 N–H and O–H groups in total. The van der Waals surface area contributed by atoms with Gasteiger partial charge in [0, 0.05) is 20.6 Å². The van der Waals surface area contributed by atoms with Crippen molar-refractivity contribution in [1.29, 1.82) is 0 Å². The van der Waals surface area contributed by atoms with Gasteiger partial charge in [-0.1, -0.05) is 71.9 Å². The van der Waals surface area contributed by atoms with Gasteiger partial charge in [0.25, 0.3) is 0 Å². The van der Waals surface area contributed by atoms with Crippen molar-refractivity contribution in [2.24, 2.45) is 0 Å². The Balaban J connectivity index is 1.61. The average molecular weight is 660 g/mol. The highest BCUT2D eigenvalue weighted by Crippen LogP contribution is 2.49. The lowest BCUT2D eigenvalue weighted by atomic mass is 10.0. The Kier molecular flexibility index (Phi) is 14.4. The lowest BCUT2D eigenvalue weighted by Crippen LogP contribution is -2.38. The molecule has 0 fully saturated rings. The van der Waals surface area contributed by atoms with Gasteiger partial charge in [-0.25, -0.2) is 4.79 Å². The molecule has 3 aromatic rings. The van der Waals surface area contributed by atoms with Crippen LogP contribution in [0.3, 0.4) is 0 Å². The second kappa shape index (κ2) is 17.7. The molecule has 3 rings (SSSR count). The van der Waals surface area contributed by atoms with Gasteiger partial charge in [-0.3, -0.25) is 4.57 Å². The summed E-state index contributed by atoms with van der Waals surface area (Å²) in [5.74, 6) is 2.23. The minimum atomic E-state index is -3.42. The Labute approximate surface area is 271 Å². The molecule has 0 aliphatic carbocycles. The first-order chi connectivity index (χ1) is 21.0. The molecule has 238 valence electrons. The number of ether oxygens (including phenoxy) is 2. The van der Waals surface area contributed by atoms with Crippen LogP contribution >= 0.6 is 31.0 Å². The van der Waals surface area contributed by atoms with Crippen LogP contribution in [0.25, 0.3) is 0 Å². The van der Waals surface area contributed by atoms with Gasteiger partial charge in [0.2, 0.25) is 0 Å². The van der Waals surface area contributed by atoms with Gasteiger partial charge in [-0.15, -0.1) is 0 Å². The monoisotopic (exact) mass is 659 g/mol. The van der Waals surface area contributed by atoms with Crippen LogP contribution in [0.4, 0.5) is 4.79 Å². The Morgan fingerprint density at radius 3 is 2.34 bits per heavy atom. The van der Waals surface area contributed by atoms with E-state index in [0.29, 0.717) is 30.9 Å². The van der Waals surface area contributed by atoms with Crippen molar-refractivity contribution in [3.8, 4) is 5.75 Å². The van der Waals surface area contributed by atoms with Crippen LogP contribution in [-0.4, -0.2) is 30.9 Å². The zero-order chi connectivity index (χ0) is 32.0. The highest BCUT2D eigenvalue weighted by atomic mass is 35.5. The Morgan fingerprint density at radius 2 is 1.68 bits per heavy atom. The lowest BCUT2D eigenvalue weighted by molar-refractivity contribution is 0.0512. The van der Waals surface area contributed by atoms with Crippen LogP contribution in [0.5, 0.6) is 5.75 Å². The number of rotatable bonds is 16. The second-order valence-corrected chi connectivity index (χ2v) is 14.4. The molecule has 3 aromatic carbocycles. The molecule has 0 saturated carbocycles. The Bertz CT molecular complexity index is 1400. The predicted molar refractivity (Wildman–Crippen MR) is 179 cm³/mol. The normalized spacial score (nSPS) is 12.7. The van der Waals surface area contributed by atoms with E-state index in [-0.39, 0.29) is 13.2 Å². The quantitative estimate of drug-likeness (QED) is 0.153. The van der Waals surface area contributed by atoms with Crippen molar-refractivity contribution in [3.05, 3.63) is 101 Å². The van der Waals surface area contributed by atoms with Crippen molar-refractivity contribution in [2.45, 2.75) is 81.9 Å². The van der Waals surface area contributed by atoms with E-state index in [1.54, 1.807) is 52.5 Å². The van der Waals surface area contributed by atoms with Crippen LogP contribution in [0.15, 0.2) is 94.5 Å². The van der Waals surface area contributed by atoms with E-state index in [4.69, 9.17) is 30.1 Å². The van der Waals surface area contributed by atoms with E-state index in [2.05, 4.69) is 11.4 Å². The summed E-state index contributed by atoms with van der Waals surface area (Å²) in [4.78, 5) is 14.6. The zero-order valence-corrected chi connectivity index (χ0v) is 28.6. The summed E-state index contributed by atoms with van der Waals surface area (Å²) in [5, 5.41) is 3.54. The summed E-state index contributed by atoms with van der Waals surface area (Å²) in [6.07, 6.45) is 3.09. The molecule has 0 saturated heterocycles. The number of carbonyl (C=O) groups excluding carboxylic acids is 1. The fraction of sp³-hybridized carbons (Fsp3) is 0.382. The van der Waals surface area contributed by atoms with Crippen molar-refractivity contribution < 1.29 is 27.9 Å². The van der Waals surface area contributed by atoms with E-state index in [1.807, 2.05) is 66.7 Å². The minimum Gasteiger partial charge on any atom is -0.489 e. The topological polar surface area (TPSA) is 83.1 Å². The molecule has 1 amide bonds. The first-order valence-corrected chi connectivity index (χ1v) is 17.6. The van der Waals surface area contributed by atoms with Gasteiger partial charge >= 0.3 is 13.7 Å². The standard InChI is InChI=1S/C34H43ClNO6PS/c1-6-40-43(38,41-7-2)22-21-28(36-33(37)42-34(3,4)5)16-11-15-27-19-20-31(24-32(27)35)44-30-18-12-17-29(23-30)39-25-26-13-9-8-10-14-26/h8-10,12-14,17-24,28H,6-7,11,15-16,25H2,1-5H3,(H,36,37)/b22-21-. The molecule has 0 bridgehead atoms. The second-order valence-electron chi connectivity index (χ2n) is 11.0. The highest BCUT2D eigenvalue weighted by Gasteiger charge is 2.22. The van der Waals surface area contributed by atoms with Crippen molar-refractivity contribution in [2.75, 3.05) is 13.2 Å². The van der Waals surface area contributed by atoms with Crippen molar-refractivity contribution >= 4 is 37.1 Å². The number of nitrogens with one attached hydrogen (secondary N) is 1. The molecule has 10 heteroatoms. The number of halogens is 1. The fourth-order valence-electron chi connectivity index (χ4n) is 4.18. The van der Waals surface area contributed by atoms with E-state index < -0.39 is 25.3 Å². The van der Waals surface area contributed by atoms with Gasteiger partial charge in [0.1, 0.15) is 18.0 Å². The fourth-order valence-corrected chi connectivity index (χ4v) is 6.81. The van der Waals surface area contributed by atoms with Gasteiger partial charge in [-0.2, -0.15) is 0 Å². The predicted octanol–water partition coefficient (Wildman–Crippen LogP) is 10.1. The van der Waals surface area contributed by atoms with Crippen molar-refractivity contribution in [3.63, 3.8) is 0 Å². The molecule has 1 unspecified atom stereocenters. The Hall–Kier alpha value is -2.74. The maximum Gasteiger partial charge on any atom is 0.408 e. The van der Waals surface area contributed by atoms with Crippen LogP contribution in [-0.2, 0) is 31.4 Å². The minimum absolute atomic E-state index is 0.242. The molecule has 0 aromatic heterocycles. The molecule has 0 aliphatic rings. The van der Waals surface area contributed by atoms with Crippen molar-refractivity contribution in [1.82, 2.24) is 5.32 Å². The van der Waals surface area contributed by atoms with Gasteiger partial charge in [-0.05, 0) is 95.3 Å². The van der Waals surface area contributed by atoms with E-state index in [9.17, 15) is 9.36 Å². The van der Waals surface area contributed by atoms with Gasteiger partial charge in [0.05, 0.1) is 19.3 Å². The smallest absolute Gasteiger partial charge is 0.408 e. The molecule has 0 heterocycles. The number of carbonyl (C=O) groups is 1. The summed E-state index contributed by atoms with van der Waals surface area (Å²) in [7, 11) is -3.42. The third kappa shape index (κ3) is 13.1. The third-order valence-electron chi connectivity index (χ3n) is 6.10. The maximum absolute atomic E-state index is 12.9. The molecule has 0 spiro atoms. The van der Waals surface area contributed by atoms with E-state index in [0.717, 1.165) is 26.7 Å². The highest BCUT2D eigenvalue weighted by molar-refractivity contribution is 7.99. The number of alkyl carbamates (subject to hydrolysis) is 1. The molecular formula is C34H43ClNO6PS. The van der Waals surface area contributed by atoms with Gasteiger partial charge in [0.15, 0.2) is 0 Å². The summed E-state index contributed by atoms with van der Waals surface area (Å²) >= 11 is 8.31. The summed E-state index contributed by atoms with van der Waals surface area (Å²) in [6.45, 7) is 9.91. The molecule has 7 nitrogen and oxygen atoms in total. The Morgan fingerprint density at radius 1 is 0.977 bits per heavy atom. The molecule has 0 aliphatic heterocycles. The number of amides is 1. The molecule has 1 atom stereocenters. The first-order valence-electron chi connectivity index (χ1n) is 14.8. The lowest BCUT2D eigenvalue weighted by Gasteiger charge is -2.23. The van der Waals surface area contributed by atoms with Gasteiger partial charge < -0.3 is 23.8 Å². The van der Waals surface area contributed by atoms with Crippen LogP contribution in [0.1, 0.15) is 58.6 Å². The number of benzene rings is 3. The maximum atomic E-state index is 12.9. The summed E-state index contributed by atoms with van der Waals surface area (Å²) in [6, 6.07) is 23.7. The molecular weight excluding hydrogens is 617 g/mol. The third-order valence-corrected chi connectivity index (χ3v) is 9.20. The number of hydrogen-bond acceptors (Lipinski definition) is 7. The van der Waals surface area contributed by atoms with E-state index in [1.165, 1.54) is 5.82 Å². The average Bonchev–Trinajstić information content (AvgIpc) is 2.96. The van der Waals surface area contributed by atoms with Crippen LogP contribution in [0.2, 0.25) is 5.02 Å². The zero-order valence-electron chi connectivity index (χ0n) is 26.1. The largest absolute Gasteiger partial charge is 0.489 e. The number of hydrogen-bond donors (Lipinski definition) is 1. The number of aryl methyl sites for hydroxylation is 1. The SMILES string of the molecule is CCOP(=O)(/C=C\C(CCCc1ccc(Sc2cccc(OCc3ccccc3)c2)cc1Cl)NC(=O)OC(C)(C)C)OCC. The molecule has 44 heavy (non-hydrogen) atoms. The van der Waals surface area contributed by atoms with Crippen LogP contribution in [0, 0.1) is 0 Å². The summed E-state index contributed by atoms with van der Waals surface area (Å²) in [5.41, 5.74) is 1.48. The van der Waals surface area contributed by atoms with E-state index >= 15 is 0 Å². The molecule has 0 radical (unpaired) electrons.